The highest BCUT2D eigenvalue weighted by Crippen LogP contribution is 2.63. The van der Waals surface area contributed by atoms with Crippen molar-refractivity contribution in [2.24, 2.45) is 52.8 Å². The topological polar surface area (TPSA) is 0 Å². The Balaban J connectivity index is 1.39. The van der Waals surface area contributed by atoms with Crippen molar-refractivity contribution in [2.45, 2.75) is 207 Å². The highest BCUT2D eigenvalue weighted by Gasteiger charge is 2.55. The maximum Gasteiger partial charge on any atom is -0.0236 e. The summed E-state index contributed by atoms with van der Waals surface area (Å²) in [6.07, 6.45) is 42.6. The van der Waals surface area contributed by atoms with E-state index in [9.17, 15) is 0 Å². The third-order valence-corrected chi connectivity index (χ3v) is 14.0. The van der Waals surface area contributed by atoms with E-state index in [1.54, 1.807) is 44.9 Å². The molecule has 4 saturated carbocycles. The van der Waals surface area contributed by atoms with Crippen LogP contribution in [0.5, 0.6) is 0 Å². The van der Waals surface area contributed by atoms with Crippen LogP contribution >= 0.6 is 0 Å². The molecular weight excluding hydrogens is 492 g/mol. The largest absolute Gasteiger partial charge is 0.0625 e. The van der Waals surface area contributed by atoms with Gasteiger partial charge in [-0.3, -0.25) is 0 Å². The second kappa shape index (κ2) is 18.1. The van der Waals surface area contributed by atoms with Crippen molar-refractivity contribution in [1.29, 1.82) is 0 Å². The summed E-state index contributed by atoms with van der Waals surface area (Å²) in [6.45, 7) is 10.6. The summed E-state index contributed by atoms with van der Waals surface area (Å²) in [5.74, 6) is 7.99. The molecule has 0 N–H and O–H groups in total. The van der Waals surface area contributed by atoms with Gasteiger partial charge in [0.25, 0.3) is 0 Å². The molecule has 4 aliphatic rings. The zero-order chi connectivity index (χ0) is 28.9. The maximum atomic E-state index is 2.74. The van der Waals surface area contributed by atoms with E-state index < -0.39 is 0 Å². The van der Waals surface area contributed by atoms with Gasteiger partial charge in [-0.25, -0.2) is 0 Å². The van der Waals surface area contributed by atoms with Crippen LogP contribution in [0.2, 0.25) is 0 Å². The molecule has 4 rings (SSSR count). The molecule has 0 heterocycles. The molecule has 4 fully saturated rings. The van der Waals surface area contributed by atoms with Gasteiger partial charge in [-0.05, 0) is 78.4 Å². The quantitative estimate of drug-likeness (QED) is 0.311. The van der Waals surface area contributed by atoms with Crippen LogP contribution in [0.1, 0.15) is 207 Å². The highest BCUT2D eigenvalue weighted by atomic mass is 14.6. The Morgan fingerprint density at radius 2 is 0.951 bits per heavy atom. The zero-order valence-corrected chi connectivity index (χ0v) is 28.9. The summed E-state index contributed by atoms with van der Waals surface area (Å²) in [6, 6.07) is 0. The molecule has 0 aromatic heterocycles. The van der Waals surface area contributed by atoms with Gasteiger partial charge in [0.15, 0.2) is 0 Å². The molecule has 1 spiro atoms. The Morgan fingerprint density at radius 1 is 0.439 bits per heavy atom. The Hall–Kier alpha value is 0. The van der Waals surface area contributed by atoms with Crippen LogP contribution < -0.4 is 0 Å². The molecule has 0 amide bonds. The second-order valence-corrected chi connectivity index (χ2v) is 17.1. The molecule has 0 aromatic carbocycles. The van der Waals surface area contributed by atoms with Crippen LogP contribution in [0, 0.1) is 52.8 Å². The van der Waals surface area contributed by atoms with Crippen LogP contribution in [0.15, 0.2) is 0 Å². The summed E-state index contributed by atoms with van der Waals surface area (Å²) in [5, 5.41) is 0. The molecular formula is C41H76. The average Bonchev–Trinajstić information content (AvgIpc) is 2.92. The minimum Gasteiger partial charge on any atom is -0.0625 e. The van der Waals surface area contributed by atoms with Gasteiger partial charge < -0.3 is 0 Å². The number of fused-ring (bicyclic) bond motifs is 2. The molecule has 0 nitrogen and oxygen atoms in total. The van der Waals surface area contributed by atoms with E-state index in [0.717, 1.165) is 47.3 Å². The molecule has 0 heteroatoms. The second-order valence-electron chi connectivity index (χ2n) is 17.1. The van der Waals surface area contributed by atoms with Crippen LogP contribution in [0.25, 0.3) is 0 Å². The van der Waals surface area contributed by atoms with E-state index >= 15 is 0 Å². The Kier molecular flexibility index (Phi) is 14.9. The predicted octanol–water partition coefficient (Wildman–Crippen LogP) is 14.0. The van der Waals surface area contributed by atoms with Crippen molar-refractivity contribution in [2.75, 3.05) is 0 Å². The van der Waals surface area contributed by atoms with Gasteiger partial charge in [-0.1, -0.05) is 182 Å². The average molecular weight is 569 g/mol. The fourth-order valence-electron chi connectivity index (χ4n) is 10.7. The van der Waals surface area contributed by atoms with Crippen LogP contribution in [0.4, 0.5) is 0 Å². The van der Waals surface area contributed by atoms with Crippen molar-refractivity contribution in [3.05, 3.63) is 0 Å². The summed E-state index contributed by atoms with van der Waals surface area (Å²) in [7, 11) is 0. The normalized spacial score (nSPS) is 40.8. The summed E-state index contributed by atoms with van der Waals surface area (Å²) in [4.78, 5) is 0. The van der Waals surface area contributed by atoms with Gasteiger partial charge >= 0.3 is 0 Å². The third kappa shape index (κ3) is 10.5. The van der Waals surface area contributed by atoms with E-state index in [0.29, 0.717) is 5.41 Å². The van der Waals surface area contributed by atoms with Gasteiger partial charge in [-0.2, -0.15) is 0 Å². The lowest BCUT2D eigenvalue weighted by atomic mass is 9.44. The zero-order valence-electron chi connectivity index (χ0n) is 28.9. The smallest absolute Gasteiger partial charge is 0.0236 e. The molecule has 0 aromatic rings. The minimum absolute atomic E-state index is 0.680. The van der Waals surface area contributed by atoms with Crippen molar-refractivity contribution in [3.8, 4) is 0 Å². The van der Waals surface area contributed by atoms with Crippen LogP contribution in [0.3, 0.4) is 0 Å². The predicted molar refractivity (Wildman–Crippen MR) is 182 cm³/mol. The Bertz CT molecular complexity index is 676. The standard InChI is InChI=1S/C41H76/c1-33-19-13-14-23-38(31-37-24-18-25-37)29-28-34(2)20-15-16-30-41(36(4)35(3)22-17-21-33)32-39-26-11-9-7-5-6-8-10-12-27-40(39)41/h33-40H,5-32H2,1-4H3. The van der Waals surface area contributed by atoms with E-state index in [1.165, 1.54) is 135 Å². The van der Waals surface area contributed by atoms with Crippen molar-refractivity contribution >= 4 is 0 Å². The van der Waals surface area contributed by atoms with Gasteiger partial charge in [-0.15, -0.1) is 0 Å². The first kappa shape index (κ1) is 33.9. The van der Waals surface area contributed by atoms with E-state index in [2.05, 4.69) is 27.7 Å². The lowest BCUT2D eigenvalue weighted by Crippen LogP contribution is -2.53. The Labute approximate surface area is 259 Å². The fraction of sp³-hybridized carbons (Fsp3) is 1.00. The third-order valence-electron chi connectivity index (χ3n) is 14.0. The number of hydrogen-bond donors (Lipinski definition) is 0. The lowest BCUT2D eigenvalue weighted by molar-refractivity contribution is -0.119. The minimum atomic E-state index is 0.680. The maximum absolute atomic E-state index is 2.74. The van der Waals surface area contributed by atoms with E-state index in [4.69, 9.17) is 0 Å². The van der Waals surface area contributed by atoms with E-state index in [1.807, 2.05) is 0 Å². The van der Waals surface area contributed by atoms with Crippen molar-refractivity contribution in [3.63, 3.8) is 0 Å². The summed E-state index contributed by atoms with van der Waals surface area (Å²) < 4.78 is 0. The molecule has 0 bridgehead atoms. The monoisotopic (exact) mass is 569 g/mol. The first-order valence-electron chi connectivity index (χ1n) is 20.0. The van der Waals surface area contributed by atoms with Crippen molar-refractivity contribution in [1.82, 2.24) is 0 Å². The highest BCUT2D eigenvalue weighted by molar-refractivity contribution is 5.04. The first-order chi connectivity index (χ1) is 20.0. The molecule has 8 unspecified atom stereocenters. The van der Waals surface area contributed by atoms with Gasteiger partial charge in [0, 0.05) is 0 Å². The fourth-order valence-corrected chi connectivity index (χ4v) is 10.7. The molecule has 0 radical (unpaired) electrons. The molecule has 4 aliphatic carbocycles. The molecule has 0 aliphatic heterocycles. The van der Waals surface area contributed by atoms with E-state index in [-0.39, 0.29) is 0 Å². The van der Waals surface area contributed by atoms with Crippen molar-refractivity contribution < 1.29 is 0 Å². The number of rotatable bonds is 2. The van der Waals surface area contributed by atoms with Crippen LogP contribution in [-0.2, 0) is 0 Å². The molecule has 240 valence electrons. The molecule has 41 heavy (non-hydrogen) atoms. The molecule has 8 atom stereocenters. The van der Waals surface area contributed by atoms with Gasteiger partial charge in [0.05, 0.1) is 0 Å². The Morgan fingerprint density at radius 3 is 1.66 bits per heavy atom. The lowest BCUT2D eigenvalue weighted by Gasteiger charge is -2.61. The van der Waals surface area contributed by atoms with Crippen LogP contribution in [-0.4, -0.2) is 0 Å². The SMILES string of the molecule is CC1CCCCC(CC2CCC2)CCC(C)CCCCC2(CC3CCCCCCCCCCC32)C(C)C(C)CCC1. The number of hydrogen-bond acceptors (Lipinski definition) is 0. The van der Waals surface area contributed by atoms with Gasteiger partial charge in [0.2, 0.25) is 0 Å². The van der Waals surface area contributed by atoms with Gasteiger partial charge in [0.1, 0.15) is 0 Å². The summed E-state index contributed by atoms with van der Waals surface area (Å²) >= 11 is 0. The first-order valence-corrected chi connectivity index (χ1v) is 20.0. The molecule has 0 saturated heterocycles. The summed E-state index contributed by atoms with van der Waals surface area (Å²) in [5.41, 5.74) is 0.680.